The number of carbonyl (C=O) groups is 2. The van der Waals surface area contributed by atoms with E-state index in [1.165, 1.54) is 0 Å². The molecule has 2 amide bonds. The van der Waals surface area contributed by atoms with E-state index in [2.05, 4.69) is 31.0 Å². The Morgan fingerprint density at radius 2 is 2.08 bits per heavy atom. The van der Waals surface area contributed by atoms with E-state index in [1.54, 1.807) is 6.20 Å². The van der Waals surface area contributed by atoms with Crippen LogP contribution in [0.5, 0.6) is 0 Å². The number of hydrogen-bond donors (Lipinski definition) is 1. The van der Waals surface area contributed by atoms with Gasteiger partial charge in [-0.15, -0.1) is 0 Å². The highest BCUT2D eigenvalue weighted by Gasteiger charge is 2.48. The van der Waals surface area contributed by atoms with Crippen LogP contribution < -0.4 is 0 Å². The van der Waals surface area contributed by atoms with Crippen molar-refractivity contribution in [2.24, 2.45) is 0 Å². The first-order chi connectivity index (χ1) is 12.5. The summed E-state index contributed by atoms with van der Waals surface area (Å²) in [5.74, 6) is 0.0255. The van der Waals surface area contributed by atoms with Gasteiger partial charge in [0.1, 0.15) is 5.60 Å². The molecular weight excluding hydrogens is 332 g/mol. The molecule has 1 aromatic heterocycles. The van der Waals surface area contributed by atoms with E-state index in [4.69, 9.17) is 4.74 Å². The third-order valence-corrected chi connectivity index (χ3v) is 5.65. The van der Waals surface area contributed by atoms with E-state index in [-0.39, 0.29) is 18.0 Å². The highest BCUT2D eigenvalue weighted by Crippen LogP contribution is 2.35. The first-order valence-electron chi connectivity index (χ1n) is 9.81. The van der Waals surface area contributed by atoms with Gasteiger partial charge in [-0.2, -0.15) is 5.10 Å². The third-order valence-electron chi connectivity index (χ3n) is 5.65. The molecular formula is C19H30N4O3. The number of aromatic amines is 1. The number of rotatable bonds is 6. The number of hydrogen-bond acceptors (Lipinski definition) is 4. The molecule has 7 heteroatoms. The molecule has 0 unspecified atom stereocenters. The highest BCUT2D eigenvalue weighted by molar-refractivity contribution is 5.95. The minimum Gasteiger partial charge on any atom is -0.441 e. The van der Waals surface area contributed by atoms with Crippen LogP contribution in [0.3, 0.4) is 0 Å². The first kappa shape index (κ1) is 18.7. The summed E-state index contributed by atoms with van der Waals surface area (Å²) in [6.45, 7) is 8.15. The van der Waals surface area contributed by atoms with Gasteiger partial charge in [-0.3, -0.25) is 9.89 Å². The van der Waals surface area contributed by atoms with Crippen molar-refractivity contribution in [3.63, 3.8) is 0 Å². The van der Waals surface area contributed by atoms with Gasteiger partial charge in [-0.05, 0) is 19.8 Å². The minimum absolute atomic E-state index is 0.0255. The minimum atomic E-state index is -0.432. The summed E-state index contributed by atoms with van der Waals surface area (Å²) in [7, 11) is 0. The third kappa shape index (κ3) is 3.57. The molecule has 1 atom stereocenters. The zero-order valence-corrected chi connectivity index (χ0v) is 16.1. The van der Waals surface area contributed by atoms with Crippen LogP contribution in [0, 0.1) is 0 Å². The van der Waals surface area contributed by atoms with E-state index in [1.807, 2.05) is 9.80 Å². The monoisotopic (exact) mass is 362 g/mol. The standard InChI is InChI=1S/C19H30N4O3/c1-4-6-14(3)23-13-19(26-18(23)25)8-10-22(11-9-19)17(24)15-12-20-21-16(15)7-5-2/h12,14H,4-11,13H2,1-3H3,(H,20,21)/t14-/m0/s1. The molecule has 0 aromatic carbocycles. The van der Waals surface area contributed by atoms with Crippen LogP contribution in [0.2, 0.25) is 0 Å². The van der Waals surface area contributed by atoms with Crippen molar-refractivity contribution in [1.29, 1.82) is 0 Å². The van der Waals surface area contributed by atoms with Gasteiger partial charge in [0.25, 0.3) is 5.91 Å². The fourth-order valence-electron chi connectivity index (χ4n) is 4.05. The molecule has 0 aliphatic carbocycles. The van der Waals surface area contributed by atoms with E-state index in [9.17, 15) is 9.59 Å². The maximum Gasteiger partial charge on any atom is 0.410 e. The Bertz CT molecular complexity index is 649. The van der Waals surface area contributed by atoms with E-state index in [0.717, 1.165) is 31.4 Å². The van der Waals surface area contributed by atoms with Gasteiger partial charge in [-0.1, -0.05) is 26.7 Å². The summed E-state index contributed by atoms with van der Waals surface area (Å²) < 4.78 is 5.78. The number of carbonyl (C=O) groups excluding carboxylic acids is 2. The molecule has 0 bridgehead atoms. The Kier molecular flexibility index (Phi) is 5.53. The lowest BCUT2D eigenvalue weighted by Gasteiger charge is -2.37. The molecule has 0 radical (unpaired) electrons. The number of H-pyrrole nitrogens is 1. The van der Waals surface area contributed by atoms with E-state index < -0.39 is 5.60 Å². The van der Waals surface area contributed by atoms with Crippen molar-refractivity contribution in [1.82, 2.24) is 20.0 Å². The number of aryl methyl sites for hydroxylation is 1. The highest BCUT2D eigenvalue weighted by atomic mass is 16.6. The Morgan fingerprint density at radius 3 is 2.73 bits per heavy atom. The normalized spacial score (nSPS) is 20.5. The van der Waals surface area contributed by atoms with Crippen LogP contribution in [0.15, 0.2) is 6.20 Å². The number of nitrogens with one attached hydrogen (secondary N) is 1. The Hall–Kier alpha value is -2.05. The zero-order chi connectivity index (χ0) is 18.7. The van der Waals surface area contributed by atoms with Gasteiger partial charge in [-0.25, -0.2) is 4.79 Å². The van der Waals surface area contributed by atoms with Gasteiger partial charge in [0, 0.05) is 37.7 Å². The van der Waals surface area contributed by atoms with Crippen LogP contribution >= 0.6 is 0 Å². The molecule has 144 valence electrons. The Labute approximate surface area is 155 Å². The number of amides is 2. The lowest BCUT2D eigenvalue weighted by Crippen LogP contribution is -2.49. The fraction of sp³-hybridized carbons (Fsp3) is 0.737. The molecule has 2 saturated heterocycles. The lowest BCUT2D eigenvalue weighted by atomic mass is 9.90. The molecule has 1 spiro atoms. The van der Waals surface area contributed by atoms with Gasteiger partial charge < -0.3 is 14.5 Å². The van der Waals surface area contributed by atoms with Crippen molar-refractivity contribution in [2.75, 3.05) is 19.6 Å². The summed E-state index contributed by atoms with van der Waals surface area (Å²) in [6, 6.07) is 0.203. The molecule has 3 heterocycles. The number of aromatic nitrogens is 2. The number of ether oxygens (including phenoxy) is 1. The second kappa shape index (κ2) is 7.68. The van der Waals surface area contributed by atoms with Crippen molar-refractivity contribution in [3.8, 4) is 0 Å². The largest absolute Gasteiger partial charge is 0.441 e. The van der Waals surface area contributed by atoms with Crippen molar-refractivity contribution >= 4 is 12.0 Å². The smallest absolute Gasteiger partial charge is 0.410 e. The zero-order valence-electron chi connectivity index (χ0n) is 16.1. The van der Waals surface area contributed by atoms with Crippen LogP contribution in [0.4, 0.5) is 4.79 Å². The first-order valence-corrected chi connectivity index (χ1v) is 9.81. The average Bonchev–Trinajstić information content (AvgIpc) is 3.20. The summed E-state index contributed by atoms with van der Waals surface area (Å²) in [6.07, 6.45) is 6.63. The Balaban J connectivity index is 1.61. The Morgan fingerprint density at radius 1 is 1.35 bits per heavy atom. The number of likely N-dealkylation sites (tertiary alicyclic amines) is 1. The quantitative estimate of drug-likeness (QED) is 0.844. The van der Waals surface area contributed by atoms with Crippen molar-refractivity contribution in [3.05, 3.63) is 17.5 Å². The summed E-state index contributed by atoms with van der Waals surface area (Å²) in [5, 5.41) is 6.97. The molecule has 1 aromatic rings. The number of piperidine rings is 1. The van der Waals surface area contributed by atoms with Crippen LogP contribution in [-0.2, 0) is 11.2 Å². The SMILES string of the molecule is CCCc1[nH]ncc1C(=O)N1CCC2(CC1)CN([C@@H](C)CCC)C(=O)O2. The molecule has 2 fully saturated rings. The van der Waals surface area contributed by atoms with Gasteiger partial charge in [0.05, 0.1) is 18.3 Å². The average molecular weight is 362 g/mol. The maximum absolute atomic E-state index is 12.8. The predicted molar refractivity (Wildman–Crippen MR) is 98.0 cm³/mol. The van der Waals surface area contributed by atoms with Crippen molar-refractivity contribution < 1.29 is 14.3 Å². The van der Waals surface area contributed by atoms with Gasteiger partial charge >= 0.3 is 6.09 Å². The topological polar surface area (TPSA) is 78.5 Å². The van der Waals surface area contributed by atoms with Crippen LogP contribution in [0.1, 0.15) is 68.9 Å². The fourth-order valence-corrected chi connectivity index (χ4v) is 4.05. The number of nitrogens with zero attached hydrogens (tertiary/aromatic N) is 3. The van der Waals surface area contributed by atoms with E-state index >= 15 is 0 Å². The maximum atomic E-state index is 12.8. The molecule has 1 N–H and O–H groups in total. The second-order valence-corrected chi connectivity index (χ2v) is 7.62. The lowest BCUT2D eigenvalue weighted by molar-refractivity contribution is 0.00304. The van der Waals surface area contributed by atoms with Crippen LogP contribution in [0.25, 0.3) is 0 Å². The molecule has 0 saturated carbocycles. The molecule has 2 aliphatic rings. The summed E-state index contributed by atoms with van der Waals surface area (Å²) in [4.78, 5) is 28.8. The molecule has 26 heavy (non-hydrogen) atoms. The van der Waals surface area contributed by atoms with Gasteiger partial charge in [0.2, 0.25) is 0 Å². The molecule has 2 aliphatic heterocycles. The van der Waals surface area contributed by atoms with Gasteiger partial charge in [0.15, 0.2) is 0 Å². The summed E-state index contributed by atoms with van der Waals surface area (Å²) >= 11 is 0. The van der Waals surface area contributed by atoms with E-state index in [0.29, 0.717) is 38.0 Å². The predicted octanol–water partition coefficient (Wildman–Crippen LogP) is 2.98. The molecule has 3 rings (SSSR count). The van der Waals surface area contributed by atoms with Crippen LogP contribution in [-0.4, -0.2) is 63.3 Å². The summed E-state index contributed by atoms with van der Waals surface area (Å²) in [5.41, 5.74) is 1.15. The molecule has 7 nitrogen and oxygen atoms in total. The second-order valence-electron chi connectivity index (χ2n) is 7.62. The van der Waals surface area contributed by atoms with Crippen molar-refractivity contribution in [2.45, 2.75) is 70.9 Å².